The maximum atomic E-state index is 5.51. The second-order valence-corrected chi connectivity index (χ2v) is 5.56. The van der Waals surface area contributed by atoms with E-state index in [0.29, 0.717) is 5.92 Å². The average molecular weight is 219 g/mol. The highest BCUT2D eigenvalue weighted by Gasteiger charge is 2.23. The van der Waals surface area contributed by atoms with E-state index in [1.807, 2.05) is 0 Å². The number of benzene rings is 1. The molecular formula is C14H21NO. The van der Waals surface area contributed by atoms with Crippen molar-refractivity contribution in [3.63, 3.8) is 0 Å². The van der Waals surface area contributed by atoms with E-state index in [4.69, 9.17) is 4.74 Å². The van der Waals surface area contributed by atoms with Gasteiger partial charge in [0.15, 0.2) is 0 Å². The van der Waals surface area contributed by atoms with Gasteiger partial charge in [-0.25, -0.2) is 0 Å². The van der Waals surface area contributed by atoms with Gasteiger partial charge in [0.2, 0.25) is 0 Å². The highest BCUT2D eigenvalue weighted by Crippen LogP contribution is 2.34. The third-order valence-electron chi connectivity index (χ3n) is 3.29. The van der Waals surface area contributed by atoms with Crippen molar-refractivity contribution in [2.75, 3.05) is 20.2 Å². The Balaban J connectivity index is 2.34. The van der Waals surface area contributed by atoms with E-state index >= 15 is 0 Å². The van der Waals surface area contributed by atoms with Gasteiger partial charge in [0.25, 0.3) is 0 Å². The molecule has 0 aromatic heterocycles. The molecule has 2 heteroatoms. The number of ether oxygens (including phenoxy) is 1. The summed E-state index contributed by atoms with van der Waals surface area (Å²) in [7, 11) is 1.76. The van der Waals surface area contributed by atoms with Crippen LogP contribution in [0.2, 0.25) is 0 Å². The second-order valence-electron chi connectivity index (χ2n) is 5.56. The number of methoxy groups -OCH3 is 1. The summed E-state index contributed by atoms with van der Waals surface area (Å²) < 4.78 is 5.51. The largest absolute Gasteiger partial charge is 0.496 e. The van der Waals surface area contributed by atoms with Crippen molar-refractivity contribution in [1.29, 1.82) is 0 Å². The molecule has 0 atom stereocenters. The molecule has 0 saturated carbocycles. The Labute approximate surface area is 98.0 Å². The molecule has 0 radical (unpaired) electrons. The van der Waals surface area contributed by atoms with E-state index in [1.165, 1.54) is 11.1 Å². The molecule has 1 N–H and O–H groups in total. The van der Waals surface area contributed by atoms with Crippen LogP contribution in [0, 0.1) is 0 Å². The molecule has 1 aliphatic heterocycles. The van der Waals surface area contributed by atoms with Crippen LogP contribution in [-0.2, 0) is 5.41 Å². The van der Waals surface area contributed by atoms with E-state index in [1.54, 1.807) is 7.11 Å². The van der Waals surface area contributed by atoms with Crippen LogP contribution in [-0.4, -0.2) is 20.2 Å². The lowest BCUT2D eigenvalue weighted by Crippen LogP contribution is -2.39. The first-order valence-electron chi connectivity index (χ1n) is 5.91. The smallest absolute Gasteiger partial charge is 0.122 e. The van der Waals surface area contributed by atoms with Gasteiger partial charge in [-0.05, 0) is 22.6 Å². The Morgan fingerprint density at radius 1 is 1.25 bits per heavy atom. The number of hydrogen-bond acceptors (Lipinski definition) is 2. The minimum absolute atomic E-state index is 0.141. The van der Waals surface area contributed by atoms with Crippen molar-refractivity contribution in [2.24, 2.45) is 0 Å². The molecule has 2 nitrogen and oxygen atoms in total. The van der Waals surface area contributed by atoms with Gasteiger partial charge in [-0.1, -0.05) is 32.9 Å². The monoisotopic (exact) mass is 219 g/mol. The summed E-state index contributed by atoms with van der Waals surface area (Å²) >= 11 is 0. The molecule has 1 saturated heterocycles. The molecule has 1 fully saturated rings. The quantitative estimate of drug-likeness (QED) is 0.825. The van der Waals surface area contributed by atoms with Crippen molar-refractivity contribution in [1.82, 2.24) is 5.32 Å². The summed E-state index contributed by atoms with van der Waals surface area (Å²) in [6, 6.07) is 6.66. The minimum Gasteiger partial charge on any atom is -0.496 e. The van der Waals surface area contributed by atoms with Gasteiger partial charge < -0.3 is 10.1 Å². The van der Waals surface area contributed by atoms with Crippen LogP contribution in [0.3, 0.4) is 0 Å². The molecule has 1 aromatic rings. The first-order valence-corrected chi connectivity index (χ1v) is 5.91. The van der Waals surface area contributed by atoms with Gasteiger partial charge in [-0.15, -0.1) is 0 Å². The van der Waals surface area contributed by atoms with Gasteiger partial charge in [0, 0.05) is 19.0 Å². The SMILES string of the molecule is COc1cc(C2CNC2)ccc1C(C)(C)C. The lowest BCUT2D eigenvalue weighted by Gasteiger charge is -2.29. The summed E-state index contributed by atoms with van der Waals surface area (Å²) in [6.07, 6.45) is 0. The van der Waals surface area contributed by atoms with Crippen molar-refractivity contribution in [2.45, 2.75) is 32.1 Å². The summed E-state index contributed by atoms with van der Waals surface area (Å²) in [4.78, 5) is 0. The van der Waals surface area contributed by atoms with Crippen molar-refractivity contribution in [3.8, 4) is 5.75 Å². The van der Waals surface area contributed by atoms with Crippen LogP contribution >= 0.6 is 0 Å². The third-order valence-corrected chi connectivity index (χ3v) is 3.29. The van der Waals surface area contributed by atoms with Gasteiger partial charge in [-0.3, -0.25) is 0 Å². The Kier molecular flexibility index (Phi) is 2.94. The van der Waals surface area contributed by atoms with Gasteiger partial charge in [-0.2, -0.15) is 0 Å². The zero-order valence-electron chi connectivity index (χ0n) is 10.6. The van der Waals surface area contributed by atoms with E-state index in [0.717, 1.165) is 18.8 Å². The lowest BCUT2D eigenvalue weighted by atomic mass is 9.84. The molecule has 1 aliphatic rings. The maximum absolute atomic E-state index is 5.51. The van der Waals surface area contributed by atoms with Gasteiger partial charge in [0.1, 0.15) is 5.75 Å². The maximum Gasteiger partial charge on any atom is 0.122 e. The Morgan fingerprint density at radius 2 is 1.94 bits per heavy atom. The summed E-state index contributed by atoms with van der Waals surface area (Å²) in [5, 5.41) is 3.30. The number of nitrogens with one attached hydrogen (secondary N) is 1. The highest BCUT2D eigenvalue weighted by molar-refractivity contribution is 5.43. The zero-order chi connectivity index (χ0) is 11.8. The average Bonchev–Trinajstić information content (AvgIpc) is 2.13. The van der Waals surface area contributed by atoms with Crippen molar-refractivity contribution in [3.05, 3.63) is 29.3 Å². The second kappa shape index (κ2) is 4.10. The van der Waals surface area contributed by atoms with Gasteiger partial charge >= 0.3 is 0 Å². The van der Waals surface area contributed by atoms with Crippen molar-refractivity contribution >= 4 is 0 Å². The van der Waals surface area contributed by atoms with Crippen LogP contribution < -0.4 is 10.1 Å². The molecule has 88 valence electrons. The molecule has 0 unspecified atom stereocenters. The normalized spacial score (nSPS) is 17.0. The Hall–Kier alpha value is -1.02. The molecule has 2 rings (SSSR count). The molecular weight excluding hydrogens is 198 g/mol. The van der Waals surface area contributed by atoms with E-state index in [-0.39, 0.29) is 5.41 Å². The molecule has 0 spiro atoms. The summed E-state index contributed by atoms with van der Waals surface area (Å²) in [5.74, 6) is 1.69. The molecule has 16 heavy (non-hydrogen) atoms. The van der Waals surface area contributed by atoms with Crippen LogP contribution in [0.1, 0.15) is 37.8 Å². The minimum atomic E-state index is 0.141. The Morgan fingerprint density at radius 3 is 2.38 bits per heavy atom. The first kappa shape index (κ1) is 11.5. The van der Waals surface area contributed by atoms with E-state index in [2.05, 4.69) is 44.3 Å². The summed E-state index contributed by atoms with van der Waals surface area (Å²) in [6.45, 7) is 8.84. The van der Waals surface area contributed by atoms with E-state index in [9.17, 15) is 0 Å². The highest BCUT2D eigenvalue weighted by atomic mass is 16.5. The van der Waals surface area contributed by atoms with E-state index < -0.39 is 0 Å². The molecule has 1 heterocycles. The predicted octanol–water partition coefficient (Wildman–Crippen LogP) is 2.68. The predicted molar refractivity (Wildman–Crippen MR) is 67.3 cm³/mol. The summed E-state index contributed by atoms with van der Waals surface area (Å²) in [5.41, 5.74) is 2.82. The first-order chi connectivity index (χ1) is 7.52. The van der Waals surface area contributed by atoms with Gasteiger partial charge in [0.05, 0.1) is 7.11 Å². The molecule has 0 bridgehead atoms. The molecule has 0 amide bonds. The number of rotatable bonds is 2. The van der Waals surface area contributed by atoms with Crippen LogP contribution in [0.25, 0.3) is 0 Å². The molecule has 0 aliphatic carbocycles. The Bertz CT molecular complexity index is 375. The fourth-order valence-corrected chi connectivity index (χ4v) is 2.11. The van der Waals surface area contributed by atoms with Crippen LogP contribution in [0.5, 0.6) is 5.75 Å². The fraction of sp³-hybridized carbons (Fsp3) is 0.571. The topological polar surface area (TPSA) is 21.3 Å². The standard InChI is InChI=1S/C14H21NO/c1-14(2,3)12-6-5-10(7-13(12)16-4)11-8-15-9-11/h5-7,11,15H,8-9H2,1-4H3. The lowest BCUT2D eigenvalue weighted by molar-refractivity contribution is 0.393. The fourth-order valence-electron chi connectivity index (χ4n) is 2.11. The molecule has 1 aromatic carbocycles. The third kappa shape index (κ3) is 2.07. The number of hydrogen-bond donors (Lipinski definition) is 1. The zero-order valence-corrected chi connectivity index (χ0v) is 10.6. The van der Waals surface area contributed by atoms with Crippen LogP contribution in [0.4, 0.5) is 0 Å². The van der Waals surface area contributed by atoms with Crippen LogP contribution in [0.15, 0.2) is 18.2 Å². The van der Waals surface area contributed by atoms with Crippen molar-refractivity contribution < 1.29 is 4.74 Å².